The van der Waals surface area contributed by atoms with Gasteiger partial charge in [-0.3, -0.25) is 0 Å². The van der Waals surface area contributed by atoms with Crippen molar-refractivity contribution < 1.29 is 9.53 Å². The lowest BCUT2D eigenvalue weighted by Crippen LogP contribution is -2.23. The van der Waals surface area contributed by atoms with E-state index in [1.807, 2.05) is 6.08 Å². The number of hydrogen-bond acceptors (Lipinski definition) is 2. The Labute approximate surface area is 66.6 Å². The summed E-state index contributed by atoms with van der Waals surface area (Å²) in [5, 5.41) is 0. The van der Waals surface area contributed by atoms with E-state index in [0.29, 0.717) is 5.92 Å². The molecule has 1 fully saturated rings. The molecule has 11 heavy (non-hydrogen) atoms. The van der Waals surface area contributed by atoms with Gasteiger partial charge < -0.3 is 9.64 Å². The van der Waals surface area contributed by atoms with Gasteiger partial charge in [0.05, 0.1) is 0 Å². The van der Waals surface area contributed by atoms with E-state index in [0.717, 1.165) is 6.42 Å². The monoisotopic (exact) mass is 155 g/mol. The molecule has 0 heterocycles. The lowest BCUT2D eigenvalue weighted by molar-refractivity contribution is 0.108. The van der Waals surface area contributed by atoms with Crippen LogP contribution in [-0.4, -0.2) is 31.2 Å². The lowest BCUT2D eigenvalue weighted by atomic mass is 10.4. The molecule has 0 unspecified atom stereocenters. The van der Waals surface area contributed by atoms with Crippen molar-refractivity contribution in [2.45, 2.75) is 12.5 Å². The highest BCUT2D eigenvalue weighted by atomic mass is 16.6. The molecule has 1 aliphatic carbocycles. The van der Waals surface area contributed by atoms with Crippen molar-refractivity contribution in [3.63, 3.8) is 0 Å². The Morgan fingerprint density at radius 3 is 2.73 bits per heavy atom. The van der Waals surface area contributed by atoms with E-state index >= 15 is 0 Å². The zero-order valence-electron chi connectivity index (χ0n) is 6.91. The highest BCUT2D eigenvalue weighted by Gasteiger charge is 2.38. The number of hydrogen-bond donors (Lipinski definition) is 0. The second-order valence-corrected chi connectivity index (χ2v) is 2.95. The van der Waals surface area contributed by atoms with Crippen LogP contribution >= 0.6 is 0 Å². The fourth-order valence-electron chi connectivity index (χ4n) is 0.808. The molecule has 2 atom stereocenters. The van der Waals surface area contributed by atoms with Gasteiger partial charge in [-0.25, -0.2) is 4.79 Å². The zero-order valence-corrected chi connectivity index (χ0v) is 6.91. The maximum atomic E-state index is 10.9. The average molecular weight is 155 g/mol. The number of carbonyl (C=O) groups excluding carboxylic acids is 1. The molecule has 0 aromatic carbocycles. The average Bonchev–Trinajstić information content (AvgIpc) is 2.67. The molecule has 0 aromatic rings. The van der Waals surface area contributed by atoms with Crippen molar-refractivity contribution >= 4 is 6.09 Å². The van der Waals surface area contributed by atoms with Crippen molar-refractivity contribution in [1.82, 2.24) is 4.90 Å². The SMILES string of the molecule is C=C[C@H]1C[C@@H]1OC(=O)N(C)C. The Bertz CT molecular complexity index is 177. The highest BCUT2D eigenvalue weighted by Crippen LogP contribution is 2.34. The molecule has 0 saturated heterocycles. The largest absolute Gasteiger partial charge is 0.445 e. The van der Waals surface area contributed by atoms with Crippen LogP contribution < -0.4 is 0 Å². The van der Waals surface area contributed by atoms with Crippen LogP contribution in [0.15, 0.2) is 12.7 Å². The van der Waals surface area contributed by atoms with E-state index in [-0.39, 0.29) is 12.2 Å². The molecule has 3 nitrogen and oxygen atoms in total. The third-order valence-corrected chi connectivity index (χ3v) is 1.70. The van der Waals surface area contributed by atoms with Crippen LogP contribution in [0.4, 0.5) is 4.79 Å². The van der Waals surface area contributed by atoms with Gasteiger partial charge in [-0.1, -0.05) is 6.08 Å². The molecule has 0 N–H and O–H groups in total. The normalized spacial score (nSPS) is 27.5. The third-order valence-electron chi connectivity index (χ3n) is 1.70. The Morgan fingerprint density at radius 2 is 2.36 bits per heavy atom. The molecule has 1 rings (SSSR count). The first-order chi connectivity index (χ1) is 5.15. The Balaban J connectivity index is 2.23. The minimum Gasteiger partial charge on any atom is -0.445 e. The number of ether oxygens (including phenoxy) is 1. The van der Waals surface area contributed by atoms with Crippen molar-refractivity contribution in [2.75, 3.05) is 14.1 Å². The first-order valence-corrected chi connectivity index (χ1v) is 3.65. The van der Waals surface area contributed by atoms with E-state index in [4.69, 9.17) is 4.74 Å². The first-order valence-electron chi connectivity index (χ1n) is 3.65. The lowest BCUT2D eigenvalue weighted by Gasteiger charge is -2.09. The molecule has 0 radical (unpaired) electrons. The van der Waals surface area contributed by atoms with Crippen LogP contribution in [0, 0.1) is 5.92 Å². The van der Waals surface area contributed by atoms with Crippen molar-refractivity contribution in [3.8, 4) is 0 Å². The Morgan fingerprint density at radius 1 is 1.73 bits per heavy atom. The predicted molar refractivity (Wildman–Crippen MR) is 42.3 cm³/mol. The minimum atomic E-state index is -0.264. The van der Waals surface area contributed by atoms with Crippen LogP contribution in [-0.2, 0) is 4.74 Å². The van der Waals surface area contributed by atoms with Crippen molar-refractivity contribution in [2.24, 2.45) is 5.92 Å². The molecule has 62 valence electrons. The van der Waals surface area contributed by atoms with Gasteiger partial charge >= 0.3 is 6.09 Å². The summed E-state index contributed by atoms with van der Waals surface area (Å²) in [6.45, 7) is 3.62. The fourth-order valence-corrected chi connectivity index (χ4v) is 0.808. The van der Waals surface area contributed by atoms with Gasteiger partial charge in [0.25, 0.3) is 0 Å². The molecule has 0 bridgehead atoms. The maximum Gasteiger partial charge on any atom is 0.409 e. The van der Waals surface area contributed by atoms with E-state index < -0.39 is 0 Å². The Hall–Kier alpha value is -0.990. The molecule has 0 aliphatic heterocycles. The number of amides is 1. The third kappa shape index (κ3) is 1.97. The maximum absolute atomic E-state index is 10.9. The van der Waals surface area contributed by atoms with E-state index in [2.05, 4.69) is 6.58 Å². The van der Waals surface area contributed by atoms with Gasteiger partial charge in [0.2, 0.25) is 0 Å². The number of nitrogens with zero attached hydrogens (tertiary/aromatic N) is 1. The van der Waals surface area contributed by atoms with Gasteiger partial charge in [0.1, 0.15) is 6.10 Å². The van der Waals surface area contributed by atoms with Crippen LogP contribution in [0.1, 0.15) is 6.42 Å². The van der Waals surface area contributed by atoms with Crippen LogP contribution in [0.5, 0.6) is 0 Å². The van der Waals surface area contributed by atoms with Gasteiger partial charge in [0, 0.05) is 20.0 Å². The smallest absolute Gasteiger partial charge is 0.409 e. The molecule has 1 aliphatic rings. The van der Waals surface area contributed by atoms with Gasteiger partial charge in [-0.2, -0.15) is 0 Å². The van der Waals surface area contributed by atoms with Crippen LogP contribution in [0.2, 0.25) is 0 Å². The van der Waals surface area contributed by atoms with Gasteiger partial charge in [0.15, 0.2) is 0 Å². The van der Waals surface area contributed by atoms with Crippen LogP contribution in [0.25, 0.3) is 0 Å². The molecule has 0 spiro atoms. The summed E-state index contributed by atoms with van der Waals surface area (Å²) >= 11 is 0. The van der Waals surface area contributed by atoms with E-state index in [1.54, 1.807) is 14.1 Å². The zero-order chi connectivity index (χ0) is 8.43. The molecule has 3 heteroatoms. The summed E-state index contributed by atoms with van der Waals surface area (Å²) in [7, 11) is 3.35. The summed E-state index contributed by atoms with van der Waals surface area (Å²) in [5.41, 5.74) is 0. The van der Waals surface area contributed by atoms with Crippen LogP contribution in [0.3, 0.4) is 0 Å². The first kappa shape index (κ1) is 8.11. The molecule has 1 amide bonds. The molecule has 1 saturated carbocycles. The second kappa shape index (κ2) is 2.95. The standard InChI is InChI=1S/C8H13NO2/c1-4-6-5-7(6)11-8(10)9(2)3/h4,6-7H,1,5H2,2-3H3/t6-,7-/m0/s1. The topological polar surface area (TPSA) is 29.5 Å². The summed E-state index contributed by atoms with van der Waals surface area (Å²) in [6, 6.07) is 0. The molecular weight excluding hydrogens is 142 g/mol. The Kier molecular flexibility index (Phi) is 2.17. The molecule has 0 aromatic heterocycles. The summed E-state index contributed by atoms with van der Waals surface area (Å²) in [6.07, 6.45) is 2.58. The predicted octanol–water partition coefficient (Wildman–Crippen LogP) is 1.26. The summed E-state index contributed by atoms with van der Waals surface area (Å²) < 4.78 is 5.04. The second-order valence-electron chi connectivity index (χ2n) is 2.95. The highest BCUT2D eigenvalue weighted by molar-refractivity contribution is 5.67. The van der Waals surface area contributed by atoms with Gasteiger partial charge in [-0.15, -0.1) is 6.58 Å². The minimum absolute atomic E-state index is 0.0856. The quantitative estimate of drug-likeness (QED) is 0.562. The van der Waals surface area contributed by atoms with Crippen molar-refractivity contribution in [3.05, 3.63) is 12.7 Å². The summed E-state index contributed by atoms with van der Waals surface area (Å²) in [4.78, 5) is 12.4. The van der Waals surface area contributed by atoms with E-state index in [1.165, 1.54) is 4.90 Å². The number of rotatable bonds is 2. The fraction of sp³-hybridized carbons (Fsp3) is 0.625. The molecular formula is C8H13NO2. The van der Waals surface area contributed by atoms with E-state index in [9.17, 15) is 4.79 Å². The summed E-state index contributed by atoms with van der Waals surface area (Å²) in [5.74, 6) is 0.388. The van der Waals surface area contributed by atoms with Crippen molar-refractivity contribution in [1.29, 1.82) is 0 Å². The van der Waals surface area contributed by atoms with Gasteiger partial charge in [-0.05, 0) is 6.42 Å². The number of carbonyl (C=O) groups is 1.